The van der Waals surface area contributed by atoms with Crippen LogP contribution in [0, 0.1) is 0 Å². The van der Waals surface area contributed by atoms with E-state index in [0.29, 0.717) is 0 Å². The second kappa shape index (κ2) is 4.60. The fourth-order valence-electron chi connectivity index (χ4n) is 0.850. The number of rotatable bonds is 2. The summed E-state index contributed by atoms with van der Waals surface area (Å²) in [7, 11) is -3.33. The lowest BCUT2D eigenvalue weighted by Gasteiger charge is -1.97. The lowest BCUT2D eigenvalue weighted by Crippen LogP contribution is -1.94. The zero-order valence-electron chi connectivity index (χ0n) is 7.57. The molecule has 0 unspecified atom stereocenters. The Labute approximate surface area is 92.0 Å². The minimum absolute atomic E-state index is 0.273. The van der Waals surface area contributed by atoms with E-state index in [-0.39, 0.29) is 4.90 Å². The van der Waals surface area contributed by atoms with Gasteiger partial charge in [0.15, 0.2) is 0 Å². The van der Waals surface area contributed by atoms with Crippen LogP contribution in [0.2, 0.25) is 0 Å². The van der Waals surface area contributed by atoms with E-state index < -0.39 is 9.84 Å². The lowest BCUT2D eigenvalue weighted by atomic mass is 10.4. The van der Waals surface area contributed by atoms with E-state index in [9.17, 15) is 8.42 Å². The first-order chi connectivity index (χ1) is 6.56. The smallest absolute Gasteiger partial charge is 0.207 e. The van der Waals surface area contributed by atoms with Gasteiger partial charge in [-0.05, 0) is 37.3 Å². The Morgan fingerprint density at radius 1 is 1.29 bits per heavy atom. The third-order valence-corrected chi connectivity index (χ3v) is 3.44. The molecular weight excluding hydrogens is 264 g/mol. The summed E-state index contributed by atoms with van der Waals surface area (Å²) in [5.74, 6) is 0. The summed E-state index contributed by atoms with van der Waals surface area (Å²) in [5.41, 5.74) is 2.55. The number of allylic oxidation sites excluding steroid dienone is 1. The molecule has 14 heavy (non-hydrogen) atoms. The topological polar surface area (TPSA) is 34.1 Å². The predicted octanol–water partition coefficient (Wildman–Crippen LogP) is 2.91. The number of sulfone groups is 1. The average molecular weight is 273 g/mol. The van der Waals surface area contributed by atoms with Crippen LogP contribution >= 0.6 is 15.9 Å². The molecule has 0 saturated heterocycles. The molecule has 0 spiro atoms. The monoisotopic (exact) mass is 272 g/mol. The van der Waals surface area contributed by atoms with E-state index in [1.54, 1.807) is 37.3 Å². The Morgan fingerprint density at radius 3 is 2.36 bits per heavy atom. The quantitative estimate of drug-likeness (QED) is 0.776. The zero-order chi connectivity index (χ0) is 10.6. The molecule has 0 atom stereocenters. The van der Waals surface area contributed by atoms with Crippen molar-refractivity contribution in [3.05, 3.63) is 46.0 Å². The summed E-state index contributed by atoms with van der Waals surface area (Å²) in [5, 5.41) is 1.07. The fourth-order valence-corrected chi connectivity index (χ4v) is 2.08. The number of benzene rings is 1. The molecule has 0 amide bonds. The van der Waals surface area contributed by atoms with Crippen molar-refractivity contribution < 1.29 is 8.42 Å². The molecule has 1 aromatic carbocycles. The Kier molecular flexibility index (Phi) is 3.69. The first-order valence-electron chi connectivity index (χ1n) is 3.94. The lowest BCUT2D eigenvalue weighted by molar-refractivity contribution is 0.604. The number of hydrogen-bond donors (Lipinski definition) is 0. The summed E-state index contributed by atoms with van der Waals surface area (Å²) in [6.07, 6.45) is 1.55. The third kappa shape index (κ3) is 2.84. The minimum Gasteiger partial charge on any atom is -0.218 e. The average Bonchev–Trinajstić information content (AvgIpc) is 2.16. The van der Waals surface area contributed by atoms with Crippen LogP contribution in [-0.2, 0) is 9.84 Å². The van der Waals surface area contributed by atoms with Crippen LogP contribution < -0.4 is 0 Å². The maximum Gasteiger partial charge on any atom is 0.207 e. The van der Waals surface area contributed by atoms with Crippen molar-refractivity contribution in [2.75, 3.05) is 0 Å². The van der Waals surface area contributed by atoms with Crippen molar-refractivity contribution in [2.24, 2.45) is 0 Å². The van der Waals surface area contributed by atoms with Gasteiger partial charge in [0, 0.05) is 4.47 Å². The van der Waals surface area contributed by atoms with Gasteiger partial charge in [0.25, 0.3) is 0 Å². The molecule has 0 saturated carbocycles. The van der Waals surface area contributed by atoms with Crippen LogP contribution in [0.15, 0.2) is 50.8 Å². The van der Waals surface area contributed by atoms with Crippen LogP contribution in [0.25, 0.3) is 0 Å². The molecule has 1 aromatic rings. The first-order valence-corrected chi connectivity index (χ1v) is 6.28. The fraction of sp³-hybridized carbons (Fsp3) is 0.100. The number of halogens is 1. The molecule has 0 aliphatic heterocycles. The molecule has 0 aliphatic rings. The summed E-state index contributed by atoms with van der Waals surface area (Å²) < 4.78 is 24.0. The second-order valence-electron chi connectivity index (χ2n) is 2.57. The van der Waals surface area contributed by atoms with Crippen LogP contribution in [-0.4, -0.2) is 8.42 Å². The molecule has 0 heterocycles. The molecule has 0 aromatic heterocycles. The molecule has 1 rings (SSSR count). The Balaban J connectivity index is 3.18. The highest BCUT2D eigenvalue weighted by Gasteiger charge is 2.08. The molecule has 0 N–H and O–H groups in total. The summed E-state index contributed by atoms with van der Waals surface area (Å²) in [4.78, 5) is 0.273. The van der Waals surface area contributed by atoms with Crippen molar-refractivity contribution >= 4 is 25.8 Å². The van der Waals surface area contributed by atoms with Crippen molar-refractivity contribution in [1.29, 1.82) is 0 Å². The summed E-state index contributed by atoms with van der Waals surface area (Å²) in [6.45, 7) is 1.72. The van der Waals surface area contributed by atoms with E-state index in [4.69, 9.17) is 0 Å². The van der Waals surface area contributed by atoms with Gasteiger partial charge in [-0.3, -0.25) is 0 Å². The third-order valence-electron chi connectivity index (χ3n) is 1.53. The van der Waals surface area contributed by atoms with Gasteiger partial charge in [-0.15, -0.1) is 5.73 Å². The Bertz CT molecular complexity index is 465. The molecule has 0 radical (unpaired) electrons. The molecule has 0 aliphatic carbocycles. The molecule has 74 valence electrons. The molecule has 0 bridgehead atoms. The van der Waals surface area contributed by atoms with E-state index in [2.05, 4.69) is 21.7 Å². The summed E-state index contributed by atoms with van der Waals surface area (Å²) in [6, 6.07) is 6.48. The van der Waals surface area contributed by atoms with Crippen LogP contribution in [0.5, 0.6) is 0 Å². The number of hydrogen-bond acceptors (Lipinski definition) is 2. The van der Waals surface area contributed by atoms with Crippen molar-refractivity contribution in [2.45, 2.75) is 11.8 Å². The molecular formula is C10H9BrO2S. The molecule has 0 fully saturated rings. The van der Waals surface area contributed by atoms with Gasteiger partial charge < -0.3 is 0 Å². The minimum atomic E-state index is -3.33. The Hall–Kier alpha value is -0.830. The van der Waals surface area contributed by atoms with Crippen molar-refractivity contribution in [3.8, 4) is 0 Å². The maximum atomic E-state index is 11.5. The largest absolute Gasteiger partial charge is 0.218 e. The molecule has 2 nitrogen and oxygen atoms in total. The standard InChI is InChI=1S/C10H9BrO2S/c1-2-3-8-14(12,13)10-6-4-9(11)5-7-10/h2,4-8H,1H3. The van der Waals surface area contributed by atoms with Gasteiger partial charge in [0.1, 0.15) is 0 Å². The SMILES string of the molecule is CC=C=CS(=O)(=O)c1ccc(Br)cc1. The maximum absolute atomic E-state index is 11.5. The van der Waals surface area contributed by atoms with Gasteiger partial charge in [-0.1, -0.05) is 15.9 Å². The first kappa shape index (κ1) is 11.2. The molecule has 4 heteroatoms. The van der Waals surface area contributed by atoms with E-state index >= 15 is 0 Å². The summed E-state index contributed by atoms with van der Waals surface area (Å²) >= 11 is 3.24. The van der Waals surface area contributed by atoms with E-state index in [0.717, 1.165) is 9.88 Å². The van der Waals surface area contributed by atoms with Gasteiger partial charge in [0.05, 0.1) is 10.3 Å². The Morgan fingerprint density at radius 2 is 1.86 bits per heavy atom. The van der Waals surface area contributed by atoms with Gasteiger partial charge in [-0.2, -0.15) is 0 Å². The predicted molar refractivity (Wildman–Crippen MR) is 59.7 cm³/mol. The van der Waals surface area contributed by atoms with Gasteiger partial charge >= 0.3 is 0 Å². The van der Waals surface area contributed by atoms with E-state index in [1.807, 2.05) is 0 Å². The van der Waals surface area contributed by atoms with Crippen molar-refractivity contribution in [1.82, 2.24) is 0 Å². The van der Waals surface area contributed by atoms with Crippen LogP contribution in [0.1, 0.15) is 6.92 Å². The van der Waals surface area contributed by atoms with Gasteiger partial charge in [-0.25, -0.2) is 8.42 Å². The van der Waals surface area contributed by atoms with Gasteiger partial charge in [0.2, 0.25) is 9.84 Å². The van der Waals surface area contributed by atoms with E-state index in [1.165, 1.54) is 0 Å². The normalized spacial score (nSPS) is 10.4. The second-order valence-corrected chi connectivity index (χ2v) is 5.28. The highest BCUT2D eigenvalue weighted by atomic mass is 79.9. The zero-order valence-corrected chi connectivity index (χ0v) is 9.97. The van der Waals surface area contributed by atoms with Crippen LogP contribution in [0.4, 0.5) is 0 Å². The highest BCUT2D eigenvalue weighted by Crippen LogP contribution is 2.16. The van der Waals surface area contributed by atoms with Crippen LogP contribution in [0.3, 0.4) is 0 Å². The highest BCUT2D eigenvalue weighted by molar-refractivity contribution is 9.10. The van der Waals surface area contributed by atoms with Crippen molar-refractivity contribution in [3.63, 3.8) is 0 Å².